The van der Waals surface area contributed by atoms with Crippen LogP contribution < -0.4 is 0 Å². The molecule has 0 atom stereocenters. The molecular formula is C23H24FN3O3S2. The molecule has 1 fully saturated rings. The molecule has 32 heavy (non-hydrogen) atoms. The van der Waals surface area contributed by atoms with Gasteiger partial charge < -0.3 is 4.90 Å². The first-order valence-electron chi connectivity index (χ1n) is 10.4. The summed E-state index contributed by atoms with van der Waals surface area (Å²) >= 11 is 1.36. The molecule has 168 valence electrons. The zero-order chi connectivity index (χ0) is 22.9. The van der Waals surface area contributed by atoms with Crippen LogP contribution >= 0.6 is 11.3 Å². The zero-order valence-electron chi connectivity index (χ0n) is 17.9. The van der Waals surface area contributed by atoms with Gasteiger partial charge in [-0.1, -0.05) is 31.2 Å². The molecule has 0 radical (unpaired) electrons. The van der Waals surface area contributed by atoms with Crippen molar-refractivity contribution in [1.82, 2.24) is 14.2 Å². The molecule has 1 aromatic heterocycles. The van der Waals surface area contributed by atoms with E-state index in [1.807, 2.05) is 19.1 Å². The van der Waals surface area contributed by atoms with E-state index in [2.05, 4.69) is 24.0 Å². The second-order valence-corrected chi connectivity index (χ2v) is 10.6. The van der Waals surface area contributed by atoms with Crippen LogP contribution in [0.25, 0.3) is 10.6 Å². The van der Waals surface area contributed by atoms with Gasteiger partial charge in [0, 0.05) is 31.7 Å². The molecule has 1 saturated heterocycles. The van der Waals surface area contributed by atoms with E-state index in [-0.39, 0.29) is 37.0 Å². The van der Waals surface area contributed by atoms with Gasteiger partial charge in [0.05, 0.1) is 10.6 Å². The van der Waals surface area contributed by atoms with Crippen LogP contribution in [0.3, 0.4) is 0 Å². The Morgan fingerprint density at radius 1 is 1.03 bits per heavy atom. The predicted molar refractivity (Wildman–Crippen MR) is 123 cm³/mol. The van der Waals surface area contributed by atoms with Gasteiger partial charge in [-0.15, -0.1) is 11.3 Å². The number of amides is 1. The predicted octanol–water partition coefficient (Wildman–Crippen LogP) is 3.97. The molecule has 3 aromatic rings. The maximum atomic E-state index is 13.1. The summed E-state index contributed by atoms with van der Waals surface area (Å²) in [5.74, 6) is -0.616. The number of aryl methyl sites for hydroxylation is 2. The Kier molecular flexibility index (Phi) is 6.41. The Morgan fingerprint density at radius 3 is 2.25 bits per heavy atom. The van der Waals surface area contributed by atoms with Crippen molar-refractivity contribution < 1.29 is 17.6 Å². The summed E-state index contributed by atoms with van der Waals surface area (Å²) in [7, 11) is -3.72. The third-order valence-corrected chi connectivity index (χ3v) is 8.68. The van der Waals surface area contributed by atoms with Crippen LogP contribution in [-0.4, -0.2) is 54.7 Å². The summed E-state index contributed by atoms with van der Waals surface area (Å²) in [6, 6.07) is 13.0. The molecule has 1 amide bonds. The standard InChI is InChI=1S/C23H24FN3O3S2/c1-3-17-4-6-18(7-5-17)22-25-16(2)21(31-22)23(28)26-12-14-27(15-13-26)32(29,30)20-10-8-19(24)9-11-20/h4-11H,3,12-15H2,1-2H3. The minimum absolute atomic E-state index is 0.0516. The quantitative estimate of drug-likeness (QED) is 0.562. The van der Waals surface area contributed by atoms with Crippen LogP contribution in [0.2, 0.25) is 0 Å². The van der Waals surface area contributed by atoms with Gasteiger partial charge in [0.25, 0.3) is 5.91 Å². The first-order valence-corrected chi connectivity index (χ1v) is 12.7. The first-order chi connectivity index (χ1) is 15.3. The Hall–Kier alpha value is -2.62. The van der Waals surface area contributed by atoms with Gasteiger partial charge in [0.2, 0.25) is 10.0 Å². The summed E-state index contributed by atoms with van der Waals surface area (Å²) in [6.45, 7) is 4.88. The van der Waals surface area contributed by atoms with Crippen LogP contribution in [0.15, 0.2) is 53.4 Å². The van der Waals surface area contributed by atoms with E-state index in [0.29, 0.717) is 10.6 Å². The van der Waals surface area contributed by atoms with E-state index in [9.17, 15) is 17.6 Å². The fraction of sp³-hybridized carbons (Fsp3) is 0.304. The van der Waals surface area contributed by atoms with Gasteiger partial charge in [-0.25, -0.2) is 17.8 Å². The van der Waals surface area contributed by atoms with Gasteiger partial charge in [-0.2, -0.15) is 4.31 Å². The Morgan fingerprint density at radius 2 is 1.66 bits per heavy atom. The lowest BCUT2D eigenvalue weighted by atomic mass is 10.1. The van der Waals surface area contributed by atoms with Crippen molar-refractivity contribution in [2.75, 3.05) is 26.2 Å². The molecule has 0 saturated carbocycles. The maximum absolute atomic E-state index is 13.1. The Balaban J connectivity index is 1.45. The molecule has 4 rings (SSSR count). The molecular weight excluding hydrogens is 449 g/mol. The van der Waals surface area contributed by atoms with Crippen LogP contribution in [0.5, 0.6) is 0 Å². The topological polar surface area (TPSA) is 70.6 Å². The number of carbonyl (C=O) groups excluding carboxylic acids is 1. The van der Waals surface area contributed by atoms with Gasteiger partial charge in [0.15, 0.2) is 0 Å². The number of hydrogen-bond acceptors (Lipinski definition) is 5. The maximum Gasteiger partial charge on any atom is 0.265 e. The van der Waals surface area contributed by atoms with Gasteiger partial charge in [0.1, 0.15) is 15.7 Å². The molecule has 2 heterocycles. The third-order valence-electron chi connectivity index (χ3n) is 5.58. The number of aromatic nitrogens is 1. The minimum atomic E-state index is -3.72. The minimum Gasteiger partial charge on any atom is -0.335 e. The summed E-state index contributed by atoms with van der Waals surface area (Å²) in [5, 5.41) is 0.797. The lowest BCUT2D eigenvalue weighted by molar-refractivity contribution is 0.0702. The van der Waals surface area contributed by atoms with Crippen molar-refractivity contribution in [2.24, 2.45) is 0 Å². The van der Waals surface area contributed by atoms with Crippen LogP contribution in [0, 0.1) is 12.7 Å². The van der Waals surface area contributed by atoms with Gasteiger partial charge in [-0.3, -0.25) is 4.79 Å². The van der Waals surface area contributed by atoms with Gasteiger partial charge >= 0.3 is 0 Å². The van der Waals surface area contributed by atoms with Crippen LogP contribution in [0.1, 0.15) is 27.9 Å². The van der Waals surface area contributed by atoms with E-state index in [1.165, 1.54) is 33.3 Å². The van der Waals surface area contributed by atoms with Crippen molar-refractivity contribution in [2.45, 2.75) is 25.2 Å². The molecule has 0 N–H and O–H groups in total. The molecule has 9 heteroatoms. The number of nitrogens with zero attached hydrogens (tertiary/aromatic N) is 3. The first kappa shape index (κ1) is 22.6. The van der Waals surface area contributed by atoms with Crippen molar-refractivity contribution in [3.63, 3.8) is 0 Å². The summed E-state index contributed by atoms with van der Waals surface area (Å²) < 4.78 is 40.1. The number of benzene rings is 2. The number of hydrogen-bond donors (Lipinski definition) is 0. The highest BCUT2D eigenvalue weighted by Gasteiger charge is 2.31. The molecule has 1 aliphatic rings. The van der Waals surface area contributed by atoms with Gasteiger partial charge in [-0.05, 0) is 43.2 Å². The number of carbonyl (C=O) groups is 1. The molecule has 6 nitrogen and oxygen atoms in total. The van der Waals surface area contributed by atoms with E-state index < -0.39 is 15.8 Å². The molecule has 0 bridgehead atoms. The summed E-state index contributed by atoms with van der Waals surface area (Å²) in [4.78, 5) is 20.0. The lowest BCUT2D eigenvalue weighted by Crippen LogP contribution is -2.50. The molecule has 0 spiro atoms. The molecule has 0 unspecified atom stereocenters. The lowest BCUT2D eigenvalue weighted by Gasteiger charge is -2.33. The molecule has 2 aromatic carbocycles. The number of halogens is 1. The highest BCUT2D eigenvalue weighted by atomic mass is 32.2. The second-order valence-electron chi connectivity index (χ2n) is 7.63. The van der Waals surface area contributed by atoms with Crippen molar-refractivity contribution >= 4 is 27.3 Å². The largest absolute Gasteiger partial charge is 0.335 e. The Labute approximate surface area is 191 Å². The zero-order valence-corrected chi connectivity index (χ0v) is 19.5. The van der Waals surface area contributed by atoms with Crippen molar-refractivity contribution in [3.05, 3.63) is 70.5 Å². The average Bonchev–Trinajstić information content (AvgIpc) is 3.20. The molecule has 1 aliphatic heterocycles. The monoisotopic (exact) mass is 473 g/mol. The van der Waals surface area contributed by atoms with E-state index in [4.69, 9.17) is 0 Å². The van der Waals surface area contributed by atoms with Crippen molar-refractivity contribution in [1.29, 1.82) is 0 Å². The highest BCUT2D eigenvalue weighted by Crippen LogP contribution is 2.29. The second kappa shape index (κ2) is 9.09. The fourth-order valence-electron chi connectivity index (χ4n) is 3.63. The molecule has 0 aliphatic carbocycles. The van der Waals surface area contributed by atoms with E-state index >= 15 is 0 Å². The third kappa shape index (κ3) is 4.46. The number of piperazine rings is 1. The fourth-order valence-corrected chi connectivity index (χ4v) is 6.09. The number of sulfonamides is 1. The van der Waals surface area contributed by atoms with E-state index in [0.717, 1.165) is 29.1 Å². The van der Waals surface area contributed by atoms with Crippen LogP contribution in [0.4, 0.5) is 4.39 Å². The highest BCUT2D eigenvalue weighted by molar-refractivity contribution is 7.89. The smallest absolute Gasteiger partial charge is 0.265 e. The van der Waals surface area contributed by atoms with Crippen LogP contribution in [-0.2, 0) is 16.4 Å². The van der Waals surface area contributed by atoms with E-state index in [1.54, 1.807) is 4.90 Å². The SMILES string of the molecule is CCc1ccc(-c2nc(C)c(C(=O)N3CCN(S(=O)(=O)c4ccc(F)cc4)CC3)s2)cc1. The Bertz CT molecular complexity index is 1210. The number of thiazole rings is 1. The number of rotatable bonds is 5. The average molecular weight is 474 g/mol. The van der Waals surface area contributed by atoms with Crippen molar-refractivity contribution in [3.8, 4) is 10.6 Å². The summed E-state index contributed by atoms with van der Waals surface area (Å²) in [5.41, 5.74) is 2.90. The normalized spacial score (nSPS) is 15.2. The summed E-state index contributed by atoms with van der Waals surface area (Å²) in [6.07, 6.45) is 0.962.